The van der Waals surface area contributed by atoms with Gasteiger partial charge in [0.2, 0.25) is 5.91 Å². The van der Waals surface area contributed by atoms with Gasteiger partial charge in [-0.1, -0.05) is 45.2 Å². The van der Waals surface area contributed by atoms with Crippen LogP contribution in [0.4, 0.5) is 32.0 Å². The first-order valence-corrected chi connectivity index (χ1v) is 8.11. The molecule has 0 aliphatic heterocycles. The van der Waals surface area contributed by atoms with Gasteiger partial charge in [-0.3, -0.25) is 4.79 Å². The van der Waals surface area contributed by atoms with Crippen LogP contribution in [-0.4, -0.2) is 23.4 Å². The van der Waals surface area contributed by atoms with Crippen LogP contribution in [0, 0.1) is 5.92 Å². The lowest BCUT2D eigenvalue weighted by molar-refractivity contribution is -0.376. The molecular weight excluding hydrogens is 364 g/mol. The predicted molar refractivity (Wildman–Crippen MR) is 84.4 cm³/mol. The lowest BCUT2D eigenvalue weighted by atomic mass is 9.92. The van der Waals surface area contributed by atoms with E-state index in [0.717, 1.165) is 31.4 Å². The van der Waals surface area contributed by atoms with E-state index in [-0.39, 0.29) is 17.5 Å². The number of alkyl halides is 6. The molecule has 0 saturated carbocycles. The molecule has 3 nitrogen and oxygen atoms in total. The number of aliphatic hydroxyl groups is 1. The van der Waals surface area contributed by atoms with Crippen molar-refractivity contribution in [2.24, 2.45) is 5.92 Å². The molecule has 1 amide bonds. The normalized spacial score (nSPS) is 14.2. The van der Waals surface area contributed by atoms with Gasteiger partial charge in [0.1, 0.15) is 0 Å². The molecule has 0 saturated heterocycles. The van der Waals surface area contributed by atoms with Crippen LogP contribution in [0.25, 0.3) is 0 Å². The first kappa shape index (κ1) is 22.3. The summed E-state index contributed by atoms with van der Waals surface area (Å²) < 4.78 is 76.9. The molecule has 0 heterocycles. The Morgan fingerprint density at radius 2 is 1.54 bits per heavy atom. The monoisotopic (exact) mass is 385 g/mol. The van der Waals surface area contributed by atoms with Crippen LogP contribution in [0.2, 0.25) is 0 Å². The van der Waals surface area contributed by atoms with Crippen LogP contribution in [0.5, 0.6) is 0 Å². The van der Waals surface area contributed by atoms with Crippen molar-refractivity contribution in [1.82, 2.24) is 0 Å². The average molecular weight is 385 g/mol. The van der Waals surface area contributed by atoms with Crippen molar-refractivity contribution in [3.8, 4) is 0 Å². The molecule has 0 radical (unpaired) electrons. The number of amides is 1. The van der Waals surface area contributed by atoms with Crippen LogP contribution in [0.1, 0.15) is 45.1 Å². The van der Waals surface area contributed by atoms with E-state index in [2.05, 4.69) is 5.32 Å². The van der Waals surface area contributed by atoms with E-state index in [9.17, 15) is 36.2 Å². The fourth-order valence-corrected chi connectivity index (χ4v) is 2.38. The highest BCUT2D eigenvalue weighted by molar-refractivity contribution is 5.92. The van der Waals surface area contributed by atoms with E-state index >= 15 is 0 Å². The lowest BCUT2D eigenvalue weighted by Gasteiger charge is -2.32. The Hall–Kier alpha value is -1.77. The topological polar surface area (TPSA) is 49.3 Å². The molecule has 1 rings (SSSR count). The van der Waals surface area contributed by atoms with Crippen molar-refractivity contribution in [2.75, 3.05) is 5.32 Å². The number of benzene rings is 1. The van der Waals surface area contributed by atoms with Crippen LogP contribution in [0.3, 0.4) is 0 Å². The number of anilines is 1. The quantitative estimate of drug-likeness (QED) is 0.504. The van der Waals surface area contributed by atoms with Crippen molar-refractivity contribution in [2.45, 2.75) is 57.5 Å². The number of halogens is 6. The van der Waals surface area contributed by atoms with Crippen molar-refractivity contribution in [3.05, 3.63) is 29.8 Å². The number of carbonyl (C=O) groups excluding carboxylic acids is 1. The van der Waals surface area contributed by atoms with Gasteiger partial charge in [0.15, 0.2) is 0 Å². The van der Waals surface area contributed by atoms with Crippen molar-refractivity contribution >= 4 is 11.6 Å². The molecule has 26 heavy (non-hydrogen) atoms. The molecule has 148 valence electrons. The number of nitrogens with one attached hydrogen (secondary N) is 1. The first-order valence-electron chi connectivity index (χ1n) is 8.11. The third-order valence-electron chi connectivity index (χ3n) is 4.08. The molecule has 2 N–H and O–H groups in total. The Balaban J connectivity index is 2.93. The summed E-state index contributed by atoms with van der Waals surface area (Å²) in [7, 11) is 0. The van der Waals surface area contributed by atoms with Gasteiger partial charge >= 0.3 is 12.4 Å². The second-order valence-electron chi connectivity index (χ2n) is 6.17. The zero-order chi connectivity index (χ0) is 20.2. The second-order valence-corrected chi connectivity index (χ2v) is 6.17. The zero-order valence-corrected chi connectivity index (χ0v) is 14.3. The average Bonchev–Trinajstić information content (AvgIpc) is 2.52. The van der Waals surface area contributed by atoms with E-state index < -0.39 is 23.5 Å². The van der Waals surface area contributed by atoms with Crippen molar-refractivity contribution in [1.29, 1.82) is 0 Å². The molecule has 0 spiro atoms. The van der Waals surface area contributed by atoms with Gasteiger partial charge in [0, 0.05) is 17.2 Å². The highest BCUT2D eigenvalue weighted by Crippen LogP contribution is 2.50. The number of hydrogen-bond donors (Lipinski definition) is 2. The fraction of sp³-hybridized carbons (Fsp3) is 0.588. The Bertz CT molecular complexity index is 581. The molecule has 1 unspecified atom stereocenters. The number of rotatable bonds is 7. The summed E-state index contributed by atoms with van der Waals surface area (Å²) in [6.07, 6.45) is -8.47. The predicted octanol–water partition coefficient (Wildman–Crippen LogP) is 5.15. The number of hydrogen-bond acceptors (Lipinski definition) is 2. The van der Waals surface area contributed by atoms with Crippen LogP contribution in [0.15, 0.2) is 24.3 Å². The van der Waals surface area contributed by atoms with Crippen molar-refractivity contribution in [3.63, 3.8) is 0 Å². The van der Waals surface area contributed by atoms with Crippen LogP contribution in [-0.2, 0) is 10.4 Å². The SMILES string of the molecule is CCCCCC(C)C(=O)Nc1ccc(C(O)(C(F)(F)F)C(F)(F)F)cc1. The summed E-state index contributed by atoms with van der Waals surface area (Å²) in [6.45, 7) is 3.70. The van der Waals surface area contributed by atoms with E-state index in [1.807, 2.05) is 6.92 Å². The Kier molecular flexibility index (Phi) is 7.09. The molecule has 0 aliphatic carbocycles. The maximum Gasteiger partial charge on any atom is 0.430 e. The molecular formula is C17H21F6NO2. The third-order valence-corrected chi connectivity index (χ3v) is 4.08. The minimum Gasteiger partial charge on any atom is -0.369 e. The van der Waals surface area contributed by atoms with Gasteiger partial charge in [0.25, 0.3) is 5.60 Å². The van der Waals surface area contributed by atoms with Crippen molar-refractivity contribution < 1.29 is 36.2 Å². The van der Waals surface area contributed by atoms with Gasteiger partial charge < -0.3 is 10.4 Å². The first-order chi connectivity index (χ1) is 11.8. The smallest absolute Gasteiger partial charge is 0.369 e. The molecule has 0 aliphatic rings. The zero-order valence-electron chi connectivity index (χ0n) is 14.3. The highest BCUT2D eigenvalue weighted by atomic mass is 19.4. The van der Waals surface area contributed by atoms with E-state index in [1.165, 1.54) is 0 Å². The van der Waals surface area contributed by atoms with E-state index in [0.29, 0.717) is 18.6 Å². The summed E-state index contributed by atoms with van der Waals surface area (Å²) in [4.78, 5) is 12.0. The summed E-state index contributed by atoms with van der Waals surface area (Å²) in [5.74, 6) is -0.723. The molecule has 9 heteroatoms. The summed E-state index contributed by atoms with van der Waals surface area (Å²) >= 11 is 0. The molecule has 0 fully saturated rings. The number of carbonyl (C=O) groups is 1. The second kappa shape index (κ2) is 8.28. The maximum atomic E-state index is 12.8. The summed E-state index contributed by atoms with van der Waals surface area (Å²) in [5, 5.41) is 11.7. The molecule has 0 aromatic heterocycles. The van der Waals surface area contributed by atoms with E-state index in [1.54, 1.807) is 6.92 Å². The Morgan fingerprint density at radius 3 is 1.96 bits per heavy atom. The minimum atomic E-state index is -5.94. The molecule has 0 bridgehead atoms. The highest BCUT2D eigenvalue weighted by Gasteiger charge is 2.71. The Labute approximate surface area is 147 Å². The maximum absolute atomic E-state index is 12.8. The van der Waals surface area contributed by atoms with Crippen LogP contribution < -0.4 is 5.32 Å². The Morgan fingerprint density at radius 1 is 1.04 bits per heavy atom. The van der Waals surface area contributed by atoms with Gasteiger partial charge in [-0.05, 0) is 18.6 Å². The molecule has 1 aromatic rings. The molecule has 1 aromatic carbocycles. The standard InChI is InChI=1S/C17H21F6NO2/c1-3-4-5-6-11(2)14(25)24-13-9-7-12(8-10-13)15(26,16(18,19)20)17(21,22)23/h7-11,26H,3-6H2,1-2H3,(H,24,25). The summed E-state index contributed by atoms with van der Waals surface area (Å²) in [6, 6.07) is 2.79. The summed E-state index contributed by atoms with van der Waals surface area (Å²) in [5.41, 5.74) is -6.30. The van der Waals surface area contributed by atoms with Gasteiger partial charge in [-0.2, -0.15) is 26.3 Å². The minimum absolute atomic E-state index is 0.0489. The fourth-order valence-electron chi connectivity index (χ4n) is 2.38. The van der Waals surface area contributed by atoms with Gasteiger partial charge in [-0.25, -0.2) is 0 Å². The van der Waals surface area contributed by atoms with E-state index in [4.69, 9.17) is 0 Å². The number of unbranched alkanes of at least 4 members (excludes halogenated alkanes) is 2. The lowest BCUT2D eigenvalue weighted by Crippen LogP contribution is -2.53. The largest absolute Gasteiger partial charge is 0.430 e. The van der Waals surface area contributed by atoms with Gasteiger partial charge in [-0.15, -0.1) is 0 Å². The van der Waals surface area contributed by atoms with Gasteiger partial charge in [0.05, 0.1) is 0 Å². The van der Waals surface area contributed by atoms with Crippen LogP contribution >= 0.6 is 0 Å². The third kappa shape index (κ3) is 4.90. The molecule has 1 atom stereocenters.